The molecule has 2 rings (SSSR count). The molecule has 0 aliphatic carbocycles. The first-order chi connectivity index (χ1) is 8.90. The predicted molar refractivity (Wildman–Crippen MR) is 61.0 cm³/mol. The first kappa shape index (κ1) is 13.3. The van der Waals surface area contributed by atoms with Crippen LogP contribution >= 0.6 is 11.6 Å². The standard InChI is InChI=1S/C10H5ClF4N4/c11-3-2-17-10(16)19-9(3)18-8-6(14)4(12)1-5(13)7(8)15/h1-2H,(H3,16,17,18,19). The summed E-state index contributed by atoms with van der Waals surface area (Å²) in [5, 5.41) is 1.91. The zero-order valence-electron chi connectivity index (χ0n) is 9.02. The Kier molecular flexibility index (Phi) is 3.43. The maximum absolute atomic E-state index is 13.4. The molecular formula is C10H5ClF4N4. The van der Waals surface area contributed by atoms with E-state index < -0.39 is 29.0 Å². The smallest absolute Gasteiger partial charge is 0.222 e. The lowest BCUT2D eigenvalue weighted by atomic mass is 10.2. The summed E-state index contributed by atoms with van der Waals surface area (Å²) in [6.45, 7) is 0. The van der Waals surface area contributed by atoms with Crippen molar-refractivity contribution in [3.05, 3.63) is 40.6 Å². The van der Waals surface area contributed by atoms with Gasteiger partial charge in [-0.3, -0.25) is 0 Å². The molecule has 1 heterocycles. The van der Waals surface area contributed by atoms with E-state index in [4.69, 9.17) is 17.3 Å². The average molecular weight is 293 g/mol. The summed E-state index contributed by atoms with van der Waals surface area (Å²) in [4.78, 5) is 7.07. The molecule has 1 aromatic heterocycles. The Morgan fingerprint density at radius 1 is 1.11 bits per heavy atom. The van der Waals surface area contributed by atoms with Gasteiger partial charge in [0.15, 0.2) is 29.1 Å². The number of nitrogens with one attached hydrogen (secondary N) is 1. The van der Waals surface area contributed by atoms with Crippen molar-refractivity contribution in [1.29, 1.82) is 0 Å². The summed E-state index contributed by atoms with van der Waals surface area (Å²) in [6, 6.07) is 0.0891. The molecule has 1 aromatic carbocycles. The molecule has 3 N–H and O–H groups in total. The van der Waals surface area contributed by atoms with E-state index in [1.807, 2.05) is 5.32 Å². The molecule has 0 aliphatic rings. The topological polar surface area (TPSA) is 63.8 Å². The van der Waals surface area contributed by atoms with Crippen molar-refractivity contribution in [2.75, 3.05) is 11.1 Å². The molecule has 4 nitrogen and oxygen atoms in total. The number of halogens is 5. The highest BCUT2D eigenvalue weighted by Crippen LogP contribution is 2.29. The minimum atomic E-state index is -1.60. The van der Waals surface area contributed by atoms with Gasteiger partial charge in [-0.1, -0.05) is 11.6 Å². The van der Waals surface area contributed by atoms with Crippen LogP contribution in [0.1, 0.15) is 0 Å². The molecule has 0 radical (unpaired) electrons. The highest BCUT2D eigenvalue weighted by atomic mass is 35.5. The number of nitrogen functional groups attached to an aromatic ring is 1. The normalized spacial score (nSPS) is 10.6. The Balaban J connectivity index is 2.52. The van der Waals surface area contributed by atoms with Gasteiger partial charge in [-0.05, 0) is 0 Å². The van der Waals surface area contributed by atoms with Crippen LogP contribution < -0.4 is 11.1 Å². The van der Waals surface area contributed by atoms with E-state index in [-0.39, 0.29) is 22.9 Å². The molecule has 0 bridgehead atoms. The second-order valence-electron chi connectivity index (χ2n) is 3.39. The van der Waals surface area contributed by atoms with Crippen molar-refractivity contribution >= 4 is 29.1 Å². The molecule has 0 spiro atoms. The number of rotatable bonds is 2. The summed E-state index contributed by atoms with van der Waals surface area (Å²) in [5.74, 6) is -6.83. The Hall–Kier alpha value is -2.09. The second-order valence-corrected chi connectivity index (χ2v) is 3.80. The van der Waals surface area contributed by atoms with E-state index in [1.165, 1.54) is 0 Å². The van der Waals surface area contributed by atoms with Gasteiger partial charge in [0, 0.05) is 6.07 Å². The summed E-state index contributed by atoms with van der Waals surface area (Å²) < 4.78 is 52.8. The minimum absolute atomic E-state index is 0.0891. The average Bonchev–Trinajstić information content (AvgIpc) is 2.36. The fraction of sp³-hybridized carbons (Fsp3) is 0. The summed E-state index contributed by atoms with van der Waals surface area (Å²) in [7, 11) is 0. The van der Waals surface area contributed by atoms with Crippen LogP contribution in [0.3, 0.4) is 0 Å². The largest absolute Gasteiger partial charge is 0.368 e. The predicted octanol–water partition coefficient (Wildman–Crippen LogP) is 3.01. The fourth-order valence-electron chi connectivity index (χ4n) is 1.27. The SMILES string of the molecule is Nc1ncc(Cl)c(Nc2c(F)c(F)cc(F)c2F)n1. The number of nitrogens with two attached hydrogens (primary N) is 1. The number of benzene rings is 1. The quantitative estimate of drug-likeness (QED) is 0.660. The maximum Gasteiger partial charge on any atom is 0.222 e. The highest BCUT2D eigenvalue weighted by Gasteiger charge is 2.20. The van der Waals surface area contributed by atoms with Gasteiger partial charge < -0.3 is 11.1 Å². The van der Waals surface area contributed by atoms with Crippen LogP contribution in [0.2, 0.25) is 5.02 Å². The molecular weight excluding hydrogens is 288 g/mol. The Morgan fingerprint density at radius 3 is 2.26 bits per heavy atom. The van der Waals surface area contributed by atoms with Crippen LogP contribution in [0.25, 0.3) is 0 Å². The van der Waals surface area contributed by atoms with Crippen LogP contribution in [0.4, 0.5) is 35.0 Å². The van der Waals surface area contributed by atoms with E-state index in [1.54, 1.807) is 0 Å². The molecule has 2 aromatic rings. The van der Waals surface area contributed by atoms with Crippen LogP contribution in [0.15, 0.2) is 12.3 Å². The van der Waals surface area contributed by atoms with Crippen molar-refractivity contribution in [1.82, 2.24) is 9.97 Å². The van der Waals surface area contributed by atoms with Crippen molar-refractivity contribution < 1.29 is 17.6 Å². The van der Waals surface area contributed by atoms with Gasteiger partial charge in [0.1, 0.15) is 10.7 Å². The molecule has 0 fully saturated rings. The van der Waals surface area contributed by atoms with E-state index in [2.05, 4.69) is 9.97 Å². The lowest BCUT2D eigenvalue weighted by Gasteiger charge is -2.10. The Bertz CT molecular complexity index is 624. The molecule has 0 amide bonds. The highest BCUT2D eigenvalue weighted by molar-refractivity contribution is 6.32. The van der Waals surface area contributed by atoms with E-state index in [0.29, 0.717) is 0 Å². The third-order valence-electron chi connectivity index (χ3n) is 2.12. The molecule has 0 atom stereocenters. The Labute approximate surface area is 109 Å². The molecule has 0 saturated carbocycles. The molecule has 100 valence electrons. The van der Waals surface area contributed by atoms with Crippen molar-refractivity contribution in [3.8, 4) is 0 Å². The zero-order valence-corrected chi connectivity index (χ0v) is 9.77. The third-order valence-corrected chi connectivity index (χ3v) is 2.39. The van der Waals surface area contributed by atoms with Crippen LogP contribution in [-0.2, 0) is 0 Å². The second kappa shape index (κ2) is 4.88. The number of hydrogen-bond acceptors (Lipinski definition) is 4. The van der Waals surface area contributed by atoms with Crippen molar-refractivity contribution in [3.63, 3.8) is 0 Å². The molecule has 0 aliphatic heterocycles. The summed E-state index contributed by atoms with van der Waals surface area (Å²) >= 11 is 5.65. The van der Waals surface area contributed by atoms with Gasteiger partial charge in [-0.15, -0.1) is 0 Å². The maximum atomic E-state index is 13.4. The molecule has 9 heteroatoms. The number of aromatic nitrogens is 2. The molecule has 0 saturated heterocycles. The monoisotopic (exact) mass is 292 g/mol. The van der Waals surface area contributed by atoms with Gasteiger partial charge in [-0.25, -0.2) is 22.5 Å². The van der Waals surface area contributed by atoms with E-state index in [0.717, 1.165) is 6.20 Å². The summed E-state index contributed by atoms with van der Waals surface area (Å²) in [6.07, 6.45) is 1.07. The molecule has 0 unspecified atom stereocenters. The Morgan fingerprint density at radius 2 is 1.68 bits per heavy atom. The van der Waals surface area contributed by atoms with Gasteiger partial charge >= 0.3 is 0 Å². The van der Waals surface area contributed by atoms with Crippen LogP contribution in [-0.4, -0.2) is 9.97 Å². The van der Waals surface area contributed by atoms with Crippen molar-refractivity contribution in [2.45, 2.75) is 0 Å². The van der Waals surface area contributed by atoms with Crippen molar-refractivity contribution in [2.24, 2.45) is 0 Å². The fourth-order valence-corrected chi connectivity index (χ4v) is 1.41. The van der Waals surface area contributed by atoms with Gasteiger partial charge in [-0.2, -0.15) is 4.98 Å². The van der Waals surface area contributed by atoms with E-state index >= 15 is 0 Å². The van der Waals surface area contributed by atoms with Crippen LogP contribution in [0.5, 0.6) is 0 Å². The lowest BCUT2D eigenvalue weighted by Crippen LogP contribution is -2.06. The zero-order chi connectivity index (χ0) is 14.2. The van der Waals surface area contributed by atoms with Gasteiger partial charge in [0.25, 0.3) is 0 Å². The number of nitrogens with zero attached hydrogens (tertiary/aromatic N) is 2. The number of hydrogen-bond donors (Lipinski definition) is 2. The minimum Gasteiger partial charge on any atom is -0.368 e. The molecule has 19 heavy (non-hydrogen) atoms. The van der Waals surface area contributed by atoms with Gasteiger partial charge in [0.05, 0.1) is 6.20 Å². The third kappa shape index (κ3) is 2.53. The van der Waals surface area contributed by atoms with Gasteiger partial charge in [0.2, 0.25) is 5.95 Å². The number of anilines is 3. The first-order valence-corrected chi connectivity index (χ1v) is 5.16. The lowest BCUT2D eigenvalue weighted by molar-refractivity contribution is 0.459. The first-order valence-electron chi connectivity index (χ1n) is 4.78. The summed E-state index contributed by atoms with van der Waals surface area (Å²) in [5.41, 5.74) is 4.20. The van der Waals surface area contributed by atoms with E-state index in [9.17, 15) is 17.6 Å². The van der Waals surface area contributed by atoms with Crippen LogP contribution in [0, 0.1) is 23.3 Å².